The summed E-state index contributed by atoms with van der Waals surface area (Å²) >= 11 is 0. The summed E-state index contributed by atoms with van der Waals surface area (Å²) in [5, 5.41) is 0.537. The molecule has 4 heterocycles. The number of amides is 1. The van der Waals surface area contributed by atoms with Gasteiger partial charge in [-0.1, -0.05) is 12.1 Å². The molecule has 1 fully saturated rings. The van der Waals surface area contributed by atoms with Crippen molar-refractivity contribution < 1.29 is 31.1 Å². The van der Waals surface area contributed by atoms with Crippen molar-refractivity contribution in [3.63, 3.8) is 0 Å². The number of halogens is 3. The van der Waals surface area contributed by atoms with Crippen molar-refractivity contribution in [3.8, 4) is 0 Å². The van der Waals surface area contributed by atoms with Crippen molar-refractivity contribution in [2.24, 2.45) is 0 Å². The average Bonchev–Trinajstić information content (AvgIpc) is 3.61. The molecule has 2 N–H and O–H groups in total. The van der Waals surface area contributed by atoms with Crippen molar-refractivity contribution in [2.75, 3.05) is 16.9 Å². The Morgan fingerprint density at radius 1 is 1.10 bits per heavy atom. The number of anilines is 2. The van der Waals surface area contributed by atoms with E-state index in [0.717, 1.165) is 29.0 Å². The maximum Gasteiger partial charge on any atom is 0.399 e. The van der Waals surface area contributed by atoms with E-state index in [1.165, 1.54) is 35.4 Å². The number of alkyl halides is 3. The van der Waals surface area contributed by atoms with E-state index in [0.29, 0.717) is 30.1 Å². The third kappa shape index (κ3) is 4.68. The summed E-state index contributed by atoms with van der Waals surface area (Å²) in [6.07, 6.45) is -1.19. The molecule has 0 bridgehead atoms. The molecule has 212 valence electrons. The Labute approximate surface area is 233 Å². The van der Waals surface area contributed by atoms with Crippen LogP contribution in [0.4, 0.5) is 24.7 Å². The summed E-state index contributed by atoms with van der Waals surface area (Å²) in [4.78, 5) is 27.6. The number of ether oxygens (including phenoxy) is 1. The molecule has 0 radical (unpaired) electrons. The molecule has 1 aliphatic heterocycles. The van der Waals surface area contributed by atoms with Crippen molar-refractivity contribution >= 4 is 38.2 Å². The average molecular weight is 584 g/mol. The molecule has 4 aromatic rings. The second kappa shape index (κ2) is 9.48. The molecule has 0 unspecified atom stereocenters. The predicted molar refractivity (Wildman–Crippen MR) is 144 cm³/mol. The van der Waals surface area contributed by atoms with Crippen LogP contribution in [0.25, 0.3) is 10.9 Å². The highest BCUT2D eigenvalue weighted by Crippen LogP contribution is 2.58. The summed E-state index contributed by atoms with van der Waals surface area (Å²) in [6, 6.07) is 10.8. The Hall–Kier alpha value is -4.10. The largest absolute Gasteiger partial charge is 0.399 e. The molecule has 0 spiro atoms. The van der Waals surface area contributed by atoms with Crippen LogP contribution in [0.5, 0.6) is 0 Å². The molecule has 0 saturated heterocycles. The van der Waals surface area contributed by atoms with Crippen LogP contribution in [0.3, 0.4) is 0 Å². The van der Waals surface area contributed by atoms with Crippen molar-refractivity contribution in [2.45, 2.75) is 49.2 Å². The van der Waals surface area contributed by atoms with E-state index in [-0.39, 0.29) is 41.4 Å². The van der Waals surface area contributed by atoms with E-state index in [4.69, 9.17) is 10.5 Å². The molecular weight excluding hydrogens is 559 g/mol. The minimum atomic E-state index is -4.45. The first-order chi connectivity index (χ1) is 19.4. The Balaban J connectivity index is 1.41. The van der Waals surface area contributed by atoms with E-state index < -0.39 is 27.3 Å². The fourth-order valence-electron chi connectivity index (χ4n) is 5.21. The lowest BCUT2D eigenvalue weighted by molar-refractivity contribution is -0.161. The number of nitrogen functional groups attached to an aromatic ring is 1. The highest BCUT2D eigenvalue weighted by Gasteiger charge is 2.65. The number of nitrogens with two attached hydrogens (primary N) is 1. The lowest BCUT2D eigenvalue weighted by atomic mass is 10.0. The Bertz CT molecular complexity index is 1810. The van der Waals surface area contributed by atoms with Gasteiger partial charge in [0.25, 0.3) is 5.91 Å². The number of hydrogen-bond donors (Lipinski definition) is 1. The Morgan fingerprint density at radius 2 is 1.85 bits per heavy atom. The Kier molecular flexibility index (Phi) is 6.27. The van der Waals surface area contributed by atoms with Crippen molar-refractivity contribution in [3.05, 3.63) is 82.8 Å². The van der Waals surface area contributed by atoms with Gasteiger partial charge in [0.1, 0.15) is 11.2 Å². The summed E-state index contributed by atoms with van der Waals surface area (Å²) in [5.74, 6) is -0.311. The normalized spacial score (nSPS) is 16.0. The van der Waals surface area contributed by atoms with Crippen LogP contribution in [0.2, 0.25) is 0 Å². The fourth-order valence-corrected chi connectivity index (χ4v) is 6.02. The van der Waals surface area contributed by atoms with Crippen molar-refractivity contribution in [1.29, 1.82) is 0 Å². The predicted octanol–water partition coefficient (Wildman–Crippen LogP) is 4.48. The third-order valence-electron chi connectivity index (χ3n) is 7.57. The van der Waals surface area contributed by atoms with E-state index in [2.05, 4.69) is 15.0 Å². The number of carbonyl (C=O) groups excluding carboxylic acids is 1. The standard InChI is InChI=1S/C28H24F3N5O4S/c1-41(38,39)25-22(3-2-10-33-25)36(26(37)17-5-7-23(34-12-17)27(8-9-27)28(29,30)31)13-16-4-6-18-19-14-40-15-20(19)24(32)35-21(18)11-16/h2-7,10-12H,8-9,13-15H2,1H3,(H2,32,35). The molecule has 3 aromatic heterocycles. The molecule has 1 saturated carbocycles. The topological polar surface area (TPSA) is 128 Å². The molecule has 6 rings (SSSR count). The number of nitrogens with zero attached hydrogens (tertiary/aromatic N) is 4. The lowest BCUT2D eigenvalue weighted by Crippen LogP contribution is -2.33. The van der Waals surface area contributed by atoms with Gasteiger partial charge in [-0.3, -0.25) is 9.78 Å². The van der Waals surface area contributed by atoms with E-state index in [1.54, 1.807) is 12.1 Å². The second-order valence-electron chi connectivity index (χ2n) is 10.3. The van der Waals surface area contributed by atoms with E-state index >= 15 is 0 Å². The third-order valence-corrected chi connectivity index (χ3v) is 8.58. The van der Waals surface area contributed by atoms with Gasteiger partial charge in [-0.05, 0) is 54.3 Å². The summed E-state index contributed by atoms with van der Waals surface area (Å²) < 4.78 is 71.5. The van der Waals surface area contributed by atoms with Gasteiger partial charge in [0, 0.05) is 29.6 Å². The van der Waals surface area contributed by atoms with Crippen LogP contribution < -0.4 is 10.6 Å². The molecule has 0 atom stereocenters. The van der Waals surface area contributed by atoms with Gasteiger partial charge in [0.15, 0.2) is 14.9 Å². The van der Waals surface area contributed by atoms with Crippen LogP contribution >= 0.6 is 0 Å². The number of aromatic nitrogens is 3. The summed E-state index contributed by atoms with van der Waals surface area (Å²) in [6.45, 7) is 0.682. The Morgan fingerprint density at radius 3 is 2.51 bits per heavy atom. The lowest BCUT2D eigenvalue weighted by Gasteiger charge is -2.25. The summed E-state index contributed by atoms with van der Waals surface area (Å²) in [7, 11) is -3.86. The van der Waals surface area contributed by atoms with Crippen LogP contribution in [-0.4, -0.2) is 41.7 Å². The molecule has 13 heteroatoms. The number of carbonyl (C=O) groups is 1. The summed E-state index contributed by atoms with van der Waals surface area (Å²) in [5.41, 5.74) is 6.98. The van der Waals surface area contributed by atoms with Gasteiger partial charge in [0.05, 0.1) is 42.2 Å². The van der Waals surface area contributed by atoms with E-state index in [9.17, 15) is 26.4 Å². The number of sulfone groups is 1. The second-order valence-corrected chi connectivity index (χ2v) is 12.2. The molecular formula is C28H24F3N5O4S. The maximum absolute atomic E-state index is 13.9. The van der Waals surface area contributed by atoms with Crippen molar-refractivity contribution in [1.82, 2.24) is 15.0 Å². The van der Waals surface area contributed by atoms with Gasteiger partial charge in [0.2, 0.25) is 0 Å². The molecule has 2 aliphatic rings. The van der Waals surface area contributed by atoms with Gasteiger partial charge < -0.3 is 15.4 Å². The van der Waals surface area contributed by atoms with Crippen LogP contribution in [0.1, 0.15) is 45.6 Å². The molecule has 41 heavy (non-hydrogen) atoms. The first kappa shape index (κ1) is 27.1. The monoisotopic (exact) mass is 583 g/mol. The first-order valence-corrected chi connectivity index (χ1v) is 14.6. The van der Waals surface area contributed by atoms with Crippen LogP contribution in [-0.2, 0) is 39.7 Å². The van der Waals surface area contributed by atoms with Gasteiger partial charge in [-0.15, -0.1) is 0 Å². The first-order valence-electron chi connectivity index (χ1n) is 12.7. The molecule has 1 aliphatic carbocycles. The van der Waals surface area contributed by atoms with Crippen LogP contribution in [0.15, 0.2) is 59.9 Å². The van der Waals surface area contributed by atoms with Crippen LogP contribution in [0, 0.1) is 0 Å². The van der Waals surface area contributed by atoms with E-state index in [1.807, 2.05) is 6.07 Å². The number of fused-ring (bicyclic) bond motifs is 3. The SMILES string of the molecule is CS(=O)(=O)c1ncccc1N(Cc1ccc2c3c(c(N)nc2c1)COC3)C(=O)c1ccc(C2(C(F)(F)F)CC2)nc1. The van der Waals surface area contributed by atoms with Gasteiger partial charge in [-0.2, -0.15) is 13.2 Å². The fraction of sp³-hybridized carbons (Fsp3) is 0.286. The zero-order valence-electron chi connectivity index (χ0n) is 21.8. The molecule has 1 amide bonds. The zero-order chi connectivity index (χ0) is 29.2. The smallest absolute Gasteiger partial charge is 0.383 e. The quantitative estimate of drug-likeness (QED) is 0.352. The minimum absolute atomic E-state index is 0.00634. The maximum atomic E-state index is 13.9. The number of hydrogen-bond acceptors (Lipinski definition) is 8. The molecule has 1 aromatic carbocycles. The number of benzene rings is 1. The van der Waals surface area contributed by atoms with Gasteiger partial charge in [-0.25, -0.2) is 18.4 Å². The number of rotatable bonds is 6. The number of pyridine rings is 3. The highest BCUT2D eigenvalue weighted by molar-refractivity contribution is 7.90. The minimum Gasteiger partial charge on any atom is -0.383 e. The highest BCUT2D eigenvalue weighted by atomic mass is 32.2. The zero-order valence-corrected chi connectivity index (χ0v) is 22.6. The molecule has 9 nitrogen and oxygen atoms in total. The van der Waals surface area contributed by atoms with Gasteiger partial charge >= 0.3 is 6.18 Å².